The number of benzene rings is 1. The molecule has 0 radical (unpaired) electrons. The van der Waals surface area contributed by atoms with Crippen molar-refractivity contribution in [3.63, 3.8) is 0 Å². The number of aromatic nitrogens is 2. The fourth-order valence-corrected chi connectivity index (χ4v) is 3.31. The molecule has 2 heterocycles. The van der Waals surface area contributed by atoms with Crippen LogP contribution in [0.4, 0.5) is 0 Å². The molecule has 1 amide bonds. The van der Waals surface area contributed by atoms with Crippen molar-refractivity contribution in [3.05, 3.63) is 35.7 Å². The molecule has 0 bridgehead atoms. The largest absolute Gasteiger partial charge is 0.421 e. The monoisotopic (exact) mass is 356 g/mol. The Balaban J connectivity index is 1.40. The number of likely N-dealkylation sites (tertiary alicyclic amines) is 1. The lowest BCUT2D eigenvalue weighted by atomic mass is 10.0. The molecule has 1 saturated heterocycles. The number of carbonyl (C=O) groups excluding carboxylic acids is 1. The Morgan fingerprint density at radius 1 is 1.27 bits per heavy atom. The van der Waals surface area contributed by atoms with Crippen molar-refractivity contribution in [1.29, 1.82) is 0 Å². The number of hydrogen-bond acceptors (Lipinski definition) is 5. The van der Waals surface area contributed by atoms with Gasteiger partial charge in [0.1, 0.15) is 0 Å². The van der Waals surface area contributed by atoms with Gasteiger partial charge in [-0.05, 0) is 45.4 Å². The van der Waals surface area contributed by atoms with Crippen LogP contribution in [0.2, 0.25) is 0 Å². The lowest BCUT2D eigenvalue weighted by Gasteiger charge is -2.33. The van der Waals surface area contributed by atoms with E-state index >= 15 is 0 Å². The summed E-state index contributed by atoms with van der Waals surface area (Å²) >= 11 is 0. The van der Waals surface area contributed by atoms with Crippen molar-refractivity contribution in [2.24, 2.45) is 0 Å². The maximum atomic E-state index is 12.0. The van der Waals surface area contributed by atoms with Crippen LogP contribution in [0.1, 0.15) is 44.1 Å². The predicted molar refractivity (Wildman–Crippen MR) is 101 cm³/mol. The zero-order valence-corrected chi connectivity index (χ0v) is 15.7. The van der Waals surface area contributed by atoms with E-state index in [0.717, 1.165) is 18.7 Å². The molecule has 2 aromatic rings. The molecule has 3 rings (SSSR count). The number of carbonyl (C=O) groups is 1. The summed E-state index contributed by atoms with van der Waals surface area (Å²) in [5, 5.41) is 11.1. The van der Waals surface area contributed by atoms with E-state index in [2.05, 4.69) is 27.3 Å². The van der Waals surface area contributed by atoms with Crippen LogP contribution >= 0.6 is 0 Å². The molecular formula is C20H28N4O2. The second-order valence-corrected chi connectivity index (χ2v) is 7.10. The van der Waals surface area contributed by atoms with Gasteiger partial charge in [-0.15, -0.1) is 10.2 Å². The molecule has 1 aromatic carbocycles. The van der Waals surface area contributed by atoms with Gasteiger partial charge in [0, 0.05) is 37.5 Å². The summed E-state index contributed by atoms with van der Waals surface area (Å²) < 4.78 is 5.66. The second kappa shape index (κ2) is 8.94. The molecule has 1 aliphatic rings. The van der Waals surface area contributed by atoms with Gasteiger partial charge in [0.15, 0.2) is 0 Å². The van der Waals surface area contributed by atoms with Crippen molar-refractivity contribution in [3.8, 4) is 11.5 Å². The summed E-state index contributed by atoms with van der Waals surface area (Å²) in [6.07, 6.45) is 4.67. The normalized spacial score (nSPS) is 18.0. The Labute approximate surface area is 155 Å². The Hall–Kier alpha value is -2.21. The van der Waals surface area contributed by atoms with Gasteiger partial charge in [-0.3, -0.25) is 9.69 Å². The van der Waals surface area contributed by atoms with Crippen LogP contribution < -0.4 is 5.32 Å². The van der Waals surface area contributed by atoms with Gasteiger partial charge in [0.25, 0.3) is 0 Å². The van der Waals surface area contributed by atoms with Crippen molar-refractivity contribution in [2.75, 3.05) is 19.6 Å². The lowest BCUT2D eigenvalue weighted by Crippen LogP contribution is -2.42. The molecule has 6 nitrogen and oxygen atoms in total. The Morgan fingerprint density at radius 3 is 2.85 bits per heavy atom. The number of nitrogens with zero attached hydrogens (tertiary/aromatic N) is 3. The number of piperidine rings is 1. The summed E-state index contributed by atoms with van der Waals surface area (Å²) in [7, 11) is 0. The van der Waals surface area contributed by atoms with E-state index in [1.807, 2.05) is 31.2 Å². The van der Waals surface area contributed by atoms with Crippen LogP contribution in [0.3, 0.4) is 0 Å². The third-order valence-corrected chi connectivity index (χ3v) is 4.99. The van der Waals surface area contributed by atoms with E-state index in [9.17, 15) is 4.79 Å². The van der Waals surface area contributed by atoms with Gasteiger partial charge in [-0.2, -0.15) is 0 Å². The Morgan fingerprint density at radius 2 is 2.08 bits per heavy atom. The van der Waals surface area contributed by atoms with Crippen molar-refractivity contribution in [2.45, 2.75) is 52.0 Å². The fraction of sp³-hybridized carbons (Fsp3) is 0.550. The number of amides is 1. The Bertz CT molecular complexity index is 711. The molecule has 1 fully saturated rings. The molecule has 140 valence electrons. The average Bonchev–Trinajstić information content (AvgIpc) is 3.11. The minimum atomic E-state index is 0.0322. The summed E-state index contributed by atoms with van der Waals surface area (Å²) in [6.45, 7) is 7.06. The van der Waals surface area contributed by atoms with Gasteiger partial charge < -0.3 is 9.73 Å². The van der Waals surface area contributed by atoms with Gasteiger partial charge >= 0.3 is 0 Å². The first kappa shape index (κ1) is 18.6. The fourth-order valence-electron chi connectivity index (χ4n) is 3.31. The van der Waals surface area contributed by atoms with E-state index in [1.165, 1.54) is 24.8 Å². The van der Waals surface area contributed by atoms with Crippen LogP contribution in [-0.4, -0.2) is 46.7 Å². The number of nitrogens with one attached hydrogen (secondary N) is 1. The number of hydrogen-bond donors (Lipinski definition) is 1. The van der Waals surface area contributed by atoms with Gasteiger partial charge in [-0.25, -0.2) is 0 Å². The van der Waals surface area contributed by atoms with Crippen LogP contribution in [-0.2, 0) is 11.2 Å². The molecule has 1 atom stereocenters. The summed E-state index contributed by atoms with van der Waals surface area (Å²) in [5.41, 5.74) is 2.08. The first-order valence-corrected chi connectivity index (χ1v) is 9.52. The summed E-state index contributed by atoms with van der Waals surface area (Å²) in [6, 6.07) is 8.56. The quantitative estimate of drug-likeness (QED) is 0.826. The predicted octanol–water partition coefficient (Wildman–Crippen LogP) is 2.97. The van der Waals surface area contributed by atoms with E-state index in [0.29, 0.717) is 37.2 Å². The first-order valence-electron chi connectivity index (χ1n) is 9.52. The second-order valence-electron chi connectivity index (χ2n) is 7.10. The van der Waals surface area contributed by atoms with Crippen LogP contribution in [0, 0.1) is 6.92 Å². The summed E-state index contributed by atoms with van der Waals surface area (Å²) in [5.74, 6) is 1.03. The maximum Gasteiger partial charge on any atom is 0.247 e. The summed E-state index contributed by atoms with van der Waals surface area (Å²) in [4.78, 5) is 14.5. The zero-order chi connectivity index (χ0) is 18.4. The molecule has 0 saturated carbocycles. The molecule has 26 heavy (non-hydrogen) atoms. The molecule has 1 N–H and O–H groups in total. The SMILES string of the molecule is Cc1ccc(-c2nnc(CCC(=O)NCCN3CCCC[C@H]3C)o2)cc1. The van der Waals surface area contributed by atoms with E-state index in [4.69, 9.17) is 4.42 Å². The van der Waals surface area contributed by atoms with Crippen molar-refractivity contribution in [1.82, 2.24) is 20.4 Å². The third-order valence-electron chi connectivity index (χ3n) is 4.99. The van der Waals surface area contributed by atoms with Gasteiger partial charge in [0.2, 0.25) is 17.7 Å². The lowest BCUT2D eigenvalue weighted by molar-refractivity contribution is -0.121. The molecule has 0 spiro atoms. The van der Waals surface area contributed by atoms with E-state index in [-0.39, 0.29) is 5.91 Å². The molecular weight excluding hydrogens is 328 g/mol. The maximum absolute atomic E-state index is 12.0. The first-order chi connectivity index (χ1) is 12.6. The molecule has 6 heteroatoms. The highest BCUT2D eigenvalue weighted by Crippen LogP contribution is 2.18. The number of aryl methyl sites for hydroxylation is 2. The Kier molecular flexibility index (Phi) is 6.39. The van der Waals surface area contributed by atoms with Crippen molar-refractivity contribution >= 4 is 5.91 Å². The van der Waals surface area contributed by atoms with Crippen LogP contribution in [0.15, 0.2) is 28.7 Å². The average molecular weight is 356 g/mol. The van der Waals surface area contributed by atoms with Crippen molar-refractivity contribution < 1.29 is 9.21 Å². The smallest absolute Gasteiger partial charge is 0.247 e. The molecule has 0 unspecified atom stereocenters. The van der Waals surface area contributed by atoms with E-state index in [1.54, 1.807) is 0 Å². The van der Waals surface area contributed by atoms with E-state index < -0.39 is 0 Å². The molecule has 1 aromatic heterocycles. The number of rotatable bonds is 7. The minimum absolute atomic E-state index is 0.0322. The highest BCUT2D eigenvalue weighted by atomic mass is 16.4. The standard InChI is InChI=1S/C20H28N4O2/c1-15-6-8-17(9-7-15)20-23-22-19(26-20)11-10-18(25)21-12-14-24-13-4-3-5-16(24)2/h6-9,16H,3-5,10-14H2,1-2H3,(H,21,25)/t16-/m1/s1. The molecule has 0 aliphatic carbocycles. The molecule has 1 aliphatic heterocycles. The van der Waals surface area contributed by atoms with Gasteiger partial charge in [0.05, 0.1) is 0 Å². The topological polar surface area (TPSA) is 71.3 Å². The highest BCUT2D eigenvalue weighted by molar-refractivity contribution is 5.76. The third kappa shape index (κ3) is 5.14. The zero-order valence-electron chi connectivity index (χ0n) is 15.7. The highest BCUT2D eigenvalue weighted by Gasteiger charge is 2.17. The van der Waals surface area contributed by atoms with Crippen LogP contribution in [0.5, 0.6) is 0 Å². The van der Waals surface area contributed by atoms with Gasteiger partial charge in [-0.1, -0.05) is 24.1 Å². The minimum Gasteiger partial charge on any atom is -0.421 e. The van der Waals surface area contributed by atoms with Crippen LogP contribution in [0.25, 0.3) is 11.5 Å².